The minimum absolute atomic E-state index is 0.0601. The molecule has 1 amide bonds. The van der Waals surface area contributed by atoms with Gasteiger partial charge in [0.15, 0.2) is 0 Å². The van der Waals surface area contributed by atoms with Gasteiger partial charge in [-0.1, -0.05) is 13.0 Å². The highest BCUT2D eigenvalue weighted by atomic mass is 32.1. The summed E-state index contributed by atoms with van der Waals surface area (Å²) in [7, 11) is 0. The number of carbonyl (C=O) groups is 1. The summed E-state index contributed by atoms with van der Waals surface area (Å²) in [6.45, 7) is 2.50. The fraction of sp³-hybridized carbons (Fsp3) is 0.462. The van der Waals surface area contributed by atoms with Crippen LogP contribution in [0.2, 0.25) is 0 Å². The normalized spacial score (nSPS) is 21.5. The number of hydrogen-bond acceptors (Lipinski definition) is 4. The summed E-state index contributed by atoms with van der Waals surface area (Å²) < 4.78 is 38.4. The van der Waals surface area contributed by atoms with Crippen LogP contribution in [0.3, 0.4) is 0 Å². The van der Waals surface area contributed by atoms with Gasteiger partial charge in [0.05, 0.1) is 6.54 Å². The van der Waals surface area contributed by atoms with E-state index in [0.29, 0.717) is 12.4 Å². The molecule has 2 aromatic rings. The summed E-state index contributed by atoms with van der Waals surface area (Å²) in [5, 5.41) is 7.69. The highest BCUT2D eigenvalue weighted by molar-refractivity contribution is 7.10. The van der Waals surface area contributed by atoms with Gasteiger partial charge in [-0.3, -0.25) is 10.1 Å². The monoisotopic (exact) mass is 330 g/mol. The molecule has 0 bridgehead atoms. The molecule has 2 atom stereocenters. The van der Waals surface area contributed by atoms with E-state index in [2.05, 4.69) is 10.1 Å². The Morgan fingerprint density at radius 3 is 2.91 bits per heavy atom. The molecule has 0 saturated heterocycles. The van der Waals surface area contributed by atoms with Gasteiger partial charge in [0.25, 0.3) is 0 Å². The average Bonchev–Trinajstić information content (AvgIpc) is 3.05. The number of fused-ring (bicyclic) bond motifs is 1. The van der Waals surface area contributed by atoms with E-state index in [1.807, 2.05) is 24.4 Å². The molecule has 3 heterocycles. The summed E-state index contributed by atoms with van der Waals surface area (Å²) >= 11 is 1.65. The highest BCUT2D eigenvalue weighted by Crippen LogP contribution is 2.37. The van der Waals surface area contributed by atoms with Gasteiger partial charge < -0.3 is 0 Å². The third kappa shape index (κ3) is 2.85. The Bertz CT molecular complexity index is 680. The molecule has 0 aliphatic carbocycles. The van der Waals surface area contributed by atoms with Crippen molar-refractivity contribution in [3.63, 3.8) is 0 Å². The van der Waals surface area contributed by atoms with Crippen LogP contribution in [0.1, 0.15) is 35.9 Å². The van der Waals surface area contributed by atoms with Crippen LogP contribution in [0, 0.1) is 0 Å². The Kier molecular flexibility index (Phi) is 3.67. The Labute approximate surface area is 128 Å². The second-order valence-electron chi connectivity index (χ2n) is 5.28. The lowest BCUT2D eigenvalue weighted by atomic mass is 9.91. The Morgan fingerprint density at radius 1 is 1.50 bits per heavy atom. The fourth-order valence-corrected chi connectivity index (χ4v) is 3.46. The van der Waals surface area contributed by atoms with Crippen molar-refractivity contribution in [1.29, 1.82) is 0 Å². The molecule has 118 valence electrons. The zero-order valence-corrected chi connectivity index (χ0v) is 12.4. The van der Waals surface area contributed by atoms with E-state index in [4.69, 9.17) is 0 Å². The second kappa shape index (κ2) is 5.38. The topological polar surface area (TPSA) is 59.8 Å². The minimum Gasteiger partial charge on any atom is -0.285 e. The summed E-state index contributed by atoms with van der Waals surface area (Å²) in [4.78, 5) is 16.2. The zero-order chi connectivity index (χ0) is 15.9. The molecule has 1 N–H and O–H groups in total. The van der Waals surface area contributed by atoms with Gasteiger partial charge in [-0.25, -0.2) is 4.68 Å². The molecule has 5 nitrogen and oxygen atoms in total. The number of rotatable bonds is 2. The van der Waals surface area contributed by atoms with Crippen molar-refractivity contribution in [3.05, 3.63) is 28.2 Å². The SMILES string of the molecule is CC1CC(c2cccs2)Cn2nc(NC(=O)C(F)(F)F)nc21. The van der Waals surface area contributed by atoms with Crippen LogP contribution in [0.25, 0.3) is 0 Å². The van der Waals surface area contributed by atoms with Crippen LogP contribution in [0.15, 0.2) is 17.5 Å². The molecule has 9 heteroatoms. The Morgan fingerprint density at radius 2 is 2.27 bits per heavy atom. The number of thiophene rings is 1. The fourth-order valence-electron chi connectivity index (χ4n) is 2.62. The van der Waals surface area contributed by atoms with Gasteiger partial charge in [-0.2, -0.15) is 18.2 Å². The van der Waals surface area contributed by atoms with E-state index in [-0.39, 0.29) is 17.8 Å². The summed E-state index contributed by atoms with van der Waals surface area (Å²) in [5.41, 5.74) is 0. The third-order valence-corrected chi connectivity index (χ3v) is 4.64. The smallest absolute Gasteiger partial charge is 0.285 e. The van der Waals surface area contributed by atoms with Gasteiger partial charge >= 0.3 is 12.1 Å². The third-order valence-electron chi connectivity index (χ3n) is 3.60. The van der Waals surface area contributed by atoms with E-state index in [1.54, 1.807) is 21.3 Å². The van der Waals surface area contributed by atoms with E-state index < -0.39 is 12.1 Å². The first-order valence-corrected chi connectivity index (χ1v) is 7.59. The maximum Gasteiger partial charge on any atom is 0.471 e. The minimum atomic E-state index is -4.95. The van der Waals surface area contributed by atoms with Crippen LogP contribution < -0.4 is 5.32 Å². The standard InChI is InChI=1S/C13H13F3N4OS/c1-7-5-8(9-3-2-4-22-9)6-20-10(7)17-12(19-20)18-11(21)13(14,15)16/h2-4,7-8H,5-6H2,1H3,(H,18,19,21). The molecular formula is C13H13F3N4OS. The average molecular weight is 330 g/mol. The van der Waals surface area contributed by atoms with Crippen molar-refractivity contribution in [2.45, 2.75) is 37.9 Å². The molecule has 0 saturated carbocycles. The molecule has 1 aliphatic rings. The zero-order valence-electron chi connectivity index (χ0n) is 11.6. The van der Waals surface area contributed by atoms with Gasteiger partial charge in [0.1, 0.15) is 5.82 Å². The first kappa shape index (κ1) is 15.0. The van der Waals surface area contributed by atoms with E-state index in [9.17, 15) is 18.0 Å². The van der Waals surface area contributed by atoms with Crippen molar-refractivity contribution in [2.75, 3.05) is 5.32 Å². The van der Waals surface area contributed by atoms with Crippen molar-refractivity contribution < 1.29 is 18.0 Å². The number of carbonyl (C=O) groups excluding carboxylic acids is 1. The van der Waals surface area contributed by atoms with Gasteiger partial charge in [-0.05, 0) is 17.9 Å². The summed E-state index contributed by atoms with van der Waals surface area (Å²) in [6.07, 6.45) is -4.09. The molecule has 3 rings (SSSR count). The molecule has 0 spiro atoms. The largest absolute Gasteiger partial charge is 0.471 e. The second-order valence-corrected chi connectivity index (χ2v) is 6.26. The predicted octanol–water partition coefficient (Wildman–Crippen LogP) is 3.13. The van der Waals surface area contributed by atoms with Gasteiger partial charge in [0.2, 0.25) is 5.95 Å². The molecule has 2 aromatic heterocycles. The van der Waals surface area contributed by atoms with Crippen LogP contribution in [0.5, 0.6) is 0 Å². The highest BCUT2D eigenvalue weighted by Gasteiger charge is 2.40. The Hall–Kier alpha value is -1.90. The number of amides is 1. The predicted molar refractivity (Wildman–Crippen MR) is 74.8 cm³/mol. The van der Waals surface area contributed by atoms with Crippen molar-refractivity contribution in [2.24, 2.45) is 0 Å². The summed E-state index contributed by atoms with van der Waals surface area (Å²) in [5.74, 6) is -1.43. The lowest BCUT2D eigenvalue weighted by molar-refractivity contribution is -0.167. The van der Waals surface area contributed by atoms with Crippen molar-refractivity contribution in [1.82, 2.24) is 14.8 Å². The quantitative estimate of drug-likeness (QED) is 0.920. The maximum absolute atomic E-state index is 12.3. The first-order chi connectivity index (χ1) is 10.3. The number of anilines is 1. The number of halogens is 3. The Balaban J connectivity index is 1.81. The first-order valence-electron chi connectivity index (χ1n) is 6.71. The van der Waals surface area contributed by atoms with Gasteiger partial charge in [-0.15, -0.1) is 16.4 Å². The van der Waals surface area contributed by atoms with E-state index in [0.717, 1.165) is 6.42 Å². The lowest BCUT2D eigenvalue weighted by Crippen LogP contribution is -2.30. The van der Waals surface area contributed by atoms with Crippen molar-refractivity contribution in [3.8, 4) is 0 Å². The van der Waals surface area contributed by atoms with E-state index in [1.165, 1.54) is 4.88 Å². The number of aromatic nitrogens is 3. The van der Waals surface area contributed by atoms with Crippen molar-refractivity contribution >= 4 is 23.2 Å². The number of alkyl halides is 3. The molecule has 22 heavy (non-hydrogen) atoms. The van der Waals surface area contributed by atoms with E-state index >= 15 is 0 Å². The molecule has 0 radical (unpaired) electrons. The van der Waals surface area contributed by atoms with Crippen LogP contribution >= 0.6 is 11.3 Å². The molecular weight excluding hydrogens is 317 g/mol. The van der Waals surface area contributed by atoms with Crippen LogP contribution in [-0.2, 0) is 11.3 Å². The number of nitrogens with one attached hydrogen (secondary N) is 1. The number of nitrogens with zero attached hydrogens (tertiary/aromatic N) is 3. The lowest BCUT2D eigenvalue weighted by Gasteiger charge is -2.26. The molecule has 0 fully saturated rings. The van der Waals surface area contributed by atoms with Gasteiger partial charge in [0, 0.05) is 16.7 Å². The molecule has 1 aliphatic heterocycles. The number of hydrogen-bond donors (Lipinski definition) is 1. The molecule has 2 unspecified atom stereocenters. The van der Waals surface area contributed by atoms with Crippen LogP contribution in [0.4, 0.5) is 19.1 Å². The maximum atomic E-state index is 12.3. The van der Waals surface area contributed by atoms with Crippen LogP contribution in [-0.4, -0.2) is 26.8 Å². The molecule has 0 aromatic carbocycles. The summed E-state index contributed by atoms with van der Waals surface area (Å²) in [6, 6.07) is 4.01.